The van der Waals surface area contributed by atoms with Crippen molar-refractivity contribution in [3.63, 3.8) is 0 Å². The Morgan fingerprint density at radius 1 is 1.35 bits per heavy atom. The largest absolute Gasteiger partial charge is 0.273 e. The van der Waals surface area contributed by atoms with Gasteiger partial charge in [0.2, 0.25) is 10.0 Å². The van der Waals surface area contributed by atoms with Gasteiger partial charge in [-0.25, -0.2) is 18.1 Å². The quantitative estimate of drug-likeness (QED) is 0.647. The van der Waals surface area contributed by atoms with E-state index in [1.54, 1.807) is 10.9 Å². The fourth-order valence-electron chi connectivity index (χ4n) is 1.51. The number of rotatable bonds is 6. The zero-order valence-electron chi connectivity index (χ0n) is 10.3. The summed E-state index contributed by atoms with van der Waals surface area (Å²) < 4.78 is 28.2. The summed E-state index contributed by atoms with van der Waals surface area (Å²) in [6, 6.07) is 3.08. The molecule has 0 unspecified atom stereocenters. The molecule has 1 N–H and O–H groups in total. The molecular weight excluding hydrogens is 323 g/mol. The number of hydrogen-bond donors (Lipinski definition) is 1. The third kappa shape index (κ3) is 3.92. The van der Waals surface area contributed by atoms with Crippen molar-refractivity contribution in [1.29, 1.82) is 0 Å². The number of pyridine rings is 1. The van der Waals surface area contributed by atoms with Gasteiger partial charge in [0.15, 0.2) is 0 Å². The zero-order chi connectivity index (χ0) is 14.6. The van der Waals surface area contributed by atoms with Gasteiger partial charge in [-0.1, -0.05) is 23.2 Å². The highest BCUT2D eigenvalue weighted by atomic mass is 35.5. The minimum atomic E-state index is -3.63. The van der Waals surface area contributed by atoms with Crippen LogP contribution >= 0.6 is 23.2 Å². The molecule has 0 saturated heterocycles. The van der Waals surface area contributed by atoms with Crippen LogP contribution in [0.3, 0.4) is 0 Å². The lowest BCUT2D eigenvalue weighted by Crippen LogP contribution is -2.25. The van der Waals surface area contributed by atoms with Gasteiger partial charge in [0.05, 0.1) is 5.02 Å². The normalized spacial score (nSPS) is 11.7. The molecule has 2 aromatic rings. The second kappa shape index (κ2) is 6.53. The second-order valence-electron chi connectivity index (χ2n) is 3.96. The highest BCUT2D eigenvalue weighted by molar-refractivity contribution is 7.89. The molecule has 0 aliphatic carbocycles. The van der Waals surface area contributed by atoms with Crippen molar-refractivity contribution in [1.82, 2.24) is 19.5 Å². The van der Waals surface area contributed by atoms with E-state index in [2.05, 4.69) is 14.8 Å². The van der Waals surface area contributed by atoms with Gasteiger partial charge in [-0.2, -0.15) is 5.10 Å². The van der Waals surface area contributed by atoms with E-state index in [0.29, 0.717) is 19.5 Å². The molecule has 0 aliphatic rings. The average Bonchev–Trinajstić information content (AvgIpc) is 2.91. The van der Waals surface area contributed by atoms with Crippen LogP contribution in [0.4, 0.5) is 0 Å². The molecule has 20 heavy (non-hydrogen) atoms. The van der Waals surface area contributed by atoms with Crippen LogP contribution in [0.2, 0.25) is 10.2 Å². The summed E-state index contributed by atoms with van der Waals surface area (Å²) in [5, 5.41) is 4.20. The van der Waals surface area contributed by atoms with Crippen LogP contribution in [0.1, 0.15) is 6.42 Å². The van der Waals surface area contributed by atoms with E-state index in [9.17, 15) is 8.42 Å². The first kappa shape index (κ1) is 15.2. The van der Waals surface area contributed by atoms with E-state index in [4.69, 9.17) is 23.2 Å². The van der Waals surface area contributed by atoms with Gasteiger partial charge in [-0.15, -0.1) is 0 Å². The van der Waals surface area contributed by atoms with Crippen LogP contribution < -0.4 is 4.72 Å². The summed E-state index contributed by atoms with van der Waals surface area (Å²) >= 11 is 11.4. The molecule has 2 aromatic heterocycles. The van der Waals surface area contributed by atoms with E-state index in [-0.39, 0.29) is 15.1 Å². The number of nitrogens with zero attached hydrogens (tertiary/aromatic N) is 3. The third-order valence-electron chi connectivity index (χ3n) is 2.50. The predicted molar refractivity (Wildman–Crippen MR) is 76.3 cm³/mol. The minimum Gasteiger partial charge on any atom is -0.273 e. The maximum atomic E-state index is 12.0. The van der Waals surface area contributed by atoms with Gasteiger partial charge in [0, 0.05) is 31.7 Å². The Labute approximate surface area is 126 Å². The Morgan fingerprint density at radius 3 is 2.80 bits per heavy atom. The summed E-state index contributed by atoms with van der Waals surface area (Å²) in [4.78, 5) is 3.71. The SMILES string of the molecule is O=S(=O)(NCCCn1cccn1)c1cnc(Cl)c(Cl)c1. The van der Waals surface area contributed by atoms with Crippen LogP contribution in [0.25, 0.3) is 0 Å². The van der Waals surface area contributed by atoms with Crippen LogP contribution in [-0.4, -0.2) is 29.7 Å². The number of halogens is 2. The molecule has 6 nitrogen and oxygen atoms in total. The fraction of sp³-hybridized carbons (Fsp3) is 0.273. The number of aromatic nitrogens is 3. The highest BCUT2D eigenvalue weighted by Crippen LogP contribution is 2.21. The van der Waals surface area contributed by atoms with Crippen molar-refractivity contribution in [3.05, 3.63) is 40.9 Å². The standard InChI is InChI=1S/C11H12Cl2N4O2S/c12-10-7-9(8-14-11(10)13)20(18,19)16-4-2-6-17-5-1-3-15-17/h1,3,5,7-8,16H,2,4,6H2. The van der Waals surface area contributed by atoms with Gasteiger partial charge in [0.25, 0.3) is 0 Å². The molecule has 108 valence electrons. The summed E-state index contributed by atoms with van der Waals surface area (Å²) in [6.07, 6.45) is 5.28. The van der Waals surface area contributed by atoms with Crippen LogP contribution in [-0.2, 0) is 16.6 Å². The van der Waals surface area contributed by atoms with E-state index in [1.807, 2.05) is 12.3 Å². The van der Waals surface area contributed by atoms with Gasteiger partial charge in [-0.05, 0) is 18.6 Å². The smallest absolute Gasteiger partial charge is 0.242 e. The van der Waals surface area contributed by atoms with Crippen LogP contribution in [0, 0.1) is 0 Å². The zero-order valence-corrected chi connectivity index (χ0v) is 12.7. The first-order chi connectivity index (χ1) is 9.49. The second-order valence-corrected chi connectivity index (χ2v) is 6.50. The molecule has 0 radical (unpaired) electrons. The molecule has 0 atom stereocenters. The Morgan fingerprint density at radius 2 is 2.15 bits per heavy atom. The first-order valence-corrected chi connectivity index (χ1v) is 8.01. The van der Waals surface area contributed by atoms with Crippen molar-refractivity contribution in [3.8, 4) is 0 Å². The highest BCUT2D eigenvalue weighted by Gasteiger charge is 2.15. The van der Waals surface area contributed by atoms with E-state index in [1.165, 1.54) is 12.3 Å². The average molecular weight is 335 g/mol. The van der Waals surface area contributed by atoms with Crippen LogP contribution in [0.5, 0.6) is 0 Å². The summed E-state index contributed by atoms with van der Waals surface area (Å²) in [7, 11) is -3.63. The Bertz CT molecular complexity index is 674. The molecule has 0 aliphatic heterocycles. The topological polar surface area (TPSA) is 76.9 Å². The van der Waals surface area contributed by atoms with E-state index >= 15 is 0 Å². The lowest BCUT2D eigenvalue weighted by molar-refractivity contribution is 0.552. The predicted octanol–water partition coefficient (Wildman–Crippen LogP) is 1.95. The van der Waals surface area contributed by atoms with Crippen LogP contribution in [0.15, 0.2) is 35.6 Å². The van der Waals surface area contributed by atoms with Crippen molar-refractivity contribution in [2.24, 2.45) is 0 Å². The van der Waals surface area contributed by atoms with Gasteiger partial charge >= 0.3 is 0 Å². The molecule has 0 bridgehead atoms. The number of sulfonamides is 1. The number of aryl methyl sites for hydroxylation is 1. The monoisotopic (exact) mass is 334 g/mol. The van der Waals surface area contributed by atoms with Gasteiger partial charge in [0.1, 0.15) is 10.0 Å². The molecule has 0 fully saturated rings. The number of hydrogen-bond acceptors (Lipinski definition) is 4. The Hall–Kier alpha value is -1.15. The summed E-state index contributed by atoms with van der Waals surface area (Å²) in [5.41, 5.74) is 0. The van der Waals surface area contributed by atoms with Crippen molar-refractivity contribution >= 4 is 33.2 Å². The first-order valence-electron chi connectivity index (χ1n) is 5.77. The Kier molecular flexibility index (Phi) is 4.98. The van der Waals surface area contributed by atoms with Crippen molar-refractivity contribution in [2.45, 2.75) is 17.9 Å². The van der Waals surface area contributed by atoms with Crippen molar-refractivity contribution < 1.29 is 8.42 Å². The fourth-order valence-corrected chi connectivity index (χ4v) is 2.89. The Balaban J connectivity index is 1.92. The summed E-state index contributed by atoms with van der Waals surface area (Å²) in [6.45, 7) is 0.928. The molecule has 0 amide bonds. The maximum Gasteiger partial charge on any atom is 0.242 e. The minimum absolute atomic E-state index is 0.00834. The molecule has 0 saturated carbocycles. The van der Waals surface area contributed by atoms with Gasteiger partial charge in [-0.3, -0.25) is 4.68 Å². The molecule has 2 rings (SSSR count). The van der Waals surface area contributed by atoms with E-state index in [0.717, 1.165) is 0 Å². The number of nitrogens with one attached hydrogen (secondary N) is 1. The molecule has 0 spiro atoms. The van der Waals surface area contributed by atoms with E-state index < -0.39 is 10.0 Å². The lowest BCUT2D eigenvalue weighted by Gasteiger charge is -2.07. The third-order valence-corrected chi connectivity index (χ3v) is 4.61. The maximum absolute atomic E-state index is 12.0. The molecule has 0 aromatic carbocycles. The lowest BCUT2D eigenvalue weighted by atomic mass is 10.4. The molecular formula is C11H12Cl2N4O2S. The molecule has 2 heterocycles. The molecule has 9 heteroatoms. The summed E-state index contributed by atoms with van der Waals surface area (Å²) in [5.74, 6) is 0. The van der Waals surface area contributed by atoms with Crippen molar-refractivity contribution in [2.75, 3.05) is 6.54 Å². The van der Waals surface area contributed by atoms with Gasteiger partial charge < -0.3 is 0 Å².